The van der Waals surface area contributed by atoms with Crippen LogP contribution in [0.5, 0.6) is 0 Å². The topological polar surface area (TPSA) is 91.5 Å². The van der Waals surface area contributed by atoms with E-state index in [1.54, 1.807) is 6.07 Å². The molecule has 1 saturated heterocycles. The SMILES string of the molecule is O=C(O)N[C@H]1CCN(c2ncnc3c2oc2ccc(Cl)cc23)C1. The maximum absolute atomic E-state index is 10.8. The van der Waals surface area contributed by atoms with Crippen molar-refractivity contribution in [1.82, 2.24) is 15.3 Å². The average Bonchev–Trinajstić information content (AvgIpc) is 3.10. The largest absolute Gasteiger partial charge is 0.465 e. The zero-order chi connectivity index (χ0) is 16.0. The Labute approximate surface area is 135 Å². The predicted octanol–water partition coefficient (Wildman–Crippen LogP) is 2.88. The number of halogens is 1. The molecule has 23 heavy (non-hydrogen) atoms. The van der Waals surface area contributed by atoms with Crippen molar-refractivity contribution in [2.75, 3.05) is 18.0 Å². The number of benzene rings is 1. The van der Waals surface area contributed by atoms with Crippen LogP contribution in [0.3, 0.4) is 0 Å². The van der Waals surface area contributed by atoms with Crippen LogP contribution in [0.25, 0.3) is 22.1 Å². The van der Waals surface area contributed by atoms with Gasteiger partial charge in [0.05, 0.1) is 6.04 Å². The lowest BCUT2D eigenvalue weighted by Crippen LogP contribution is -2.36. The van der Waals surface area contributed by atoms with E-state index in [4.69, 9.17) is 21.1 Å². The van der Waals surface area contributed by atoms with Gasteiger partial charge in [-0.1, -0.05) is 11.6 Å². The second-order valence-corrected chi connectivity index (χ2v) is 5.94. The number of aromatic nitrogens is 2. The van der Waals surface area contributed by atoms with Gasteiger partial charge in [0.25, 0.3) is 0 Å². The molecular formula is C15H13ClN4O3. The van der Waals surface area contributed by atoms with Gasteiger partial charge in [-0.05, 0) is 24.6 Å². The van der Waals surface area contributed by atoms with Crippen LogP contribution in [0.4, 0.5) is 10.6 Å². The van der Waals surface area contributed by atoms with Gasteiger partial charge in [-0.2, -0.15) is 0 Å². The lowest BCUT2D eigenvalue weighted by Gasteiger charge is -2.17. The molecule has 1 amide bonds. The highest BCUT2D eigenvalue weighted by atomic mass is 35.5. The number of anilines is 1. The summed E-state index contributed by atoms with van der Waals surface area (Å²) < 4.78 is 5.91. The molecule has 7 nitrogen and oxygen atoms in total. The molecule has 118 valence electrons. The van der Waals surface area contributed by atoms with Crippen LogP contribution >= 0.6 is 11.6 Å². The molecule has 0 spiro atoms. The van der Waals surface area contributed by atoms with Crippen LogP contribution in [0.2, 0.25) is 5.02 Å². The van der Waals surface area contributed by atoms with Crippen molar-refractivity contribution in [3.8, 4) is 0 Å². The van der Waals surface area contributed by atoms with Crippen molar-refractivity contribution < 1.29 is 14.3 Å². The van der Waals surface area contributed by atoms with Gasteiger partial charge in [0.15, 0.2) is 11.4 Å². The molecule has 0 bridgehead atoms. The number of rotatable bonds is 2. The van der Waals surface area contributed by atoms with Crippen LogP contribution in [-0.2, 0) is 0 Å². The number of nitrogens with zero attached hydrogens (tertiary/aromatic N) is 3. The molecule has 0 aliphatic carbocycles. The molecule has 0 radical (unpaired) electrons. The van der Waals surface area contributed by atoms with E-state index in [-0.39, 0.29) is 6.04 Å². The highest BCUT2D eigenvalue weighted by molar-refractivity contribution is 6.31. The summed E-state index contributed by atoms with van der Waals surface area (Å²) in [6, 6.07) is 5.28. The normalized spacial score (nSPS) is 18.0. The lowest BCUT2D eigenvalue weighted by atomic mass is 10.2. The third-order valence-electron chi connectivity index (χ3n) is 4.01. The van der Waals surface area contributed by atoms with Crippen LogP contribution in [0.15, 0.2) is 28.9 Å². The Balaban J connectivity index is 1.76. The number of hydrogen-bond acceptors (Lipinski definition) is 5. The van der Waals surface area contributed by atoms with Crippen molar-refractivity contribution >= 4 is 45.6 Å². The Bertz CT molecular complexity index is 910. The van der Waals surface area contributed by atoms with Gasteiger partial charge in [-0.15, -0.1) is 0 Å². The van der Waals surface area contributed by atoms with Crippen molar-refractivity contribution in [2.24, 2.45) is 0 Å². The Morgan fingerprint density at radius 1 is 1.43 bits per heavy atom. The fourth-order valence-electron chi connectivity index (χ4n) is 3.01. The first kappa shape index (κ1) is 14.1. The molecule has 1 aromatic carbocycles. The van der Waals surface area contributed by atoms with E-state index < -0.39 is 6.09 Å². The molecule has 1 fully saturated rings. The summed E-state index contributed by atoms with van der Waals surface area (Å²) in [6.07, 6.45) is 1.21. The number of fused-ring (bicyclic) bond motifs is 3. The number of amides is 1. The molecule has 8 heteroatoms. The van der Waals surface area contributed by atoms with Gasteiger partial charge >= 0.3 is 6.09 Å². The number of nitrogens with one attached hydrogen (secondary N) is 1. The van der Waals surface area contributed by atoms with E-state index in [2.05, 4.69) is 15.3 Å². The van der Waals surface area contributed by atoms with E-state index >= 15 is 0 Å². The minimum atomic E-state index is -1.01. The number of furan rings is 1. The molecule has 1 aliphatic rings. The lowest BCUT2D eigenvalue weighted by molar-refractivity contribution is 0.191. The second kappa shape index (κ2) is 5.27. The van der Waals surface area contributed by atoms with Crippen molar-refractivity contribution in [3.63, 3.8) is 0 Å². The van der Waals surface area contributed by atoms with E-state index in [0.29, 0.717) is 40.6 Å². The molecule has 2 N–H and O–H groups in total. The summed E-state index contributed by atoms with van der Waals surface area (Å²) in [5, 5.41) is 12.8. The zero-order valence-corrected chi connectivity index (χ0v) is 12.7. The van der Waals surface area contributed by atoms with E-state index in [9.17, 15) is 4.79 Å². The summed E-state index contributed by atoms with van der Waals surface area (Å²) in [6.45, 7) is 1.26. The average molecular weight is 333 g/mol. The first-order valence-corrected chi connectivity index (χ1v) is 7.57. The van der Waals surface area contributed by atoms with E-state index in [0.717, 1.165) is 11.8 Å². The third kappa shape index (κ3) is 2.43. The summed E-state index contributed by atoms with van der Waals surface area (Å²) in [7, 11) is 0. The summed E-state index contributed by atoms with van der Waals surface area (Å²) >= 11 is 6.05. The fourth-order valence-corrected chi connectivity index (χ4v) is 3.18. The molecule has 3 aromatic rings. The minimum absolute atomic E-state index is 0.115. The van der Waals surface area contributed by atoms with Gasteiger partial charge in [0.1, 0.15) is 17.4 Å². The Kier molecular flexibility index (Phi) is 3.23. The van der Waals surface area contributed by atoms with Gasteiger partial charge in [0, 0.05) is 23.5 Å². The minimum Gasteiger partial charge on any atom is -0.465 e. The molecule has 2 aromatic heterocycles. The Hall–Kier alpha value is -2.54. The number of hydrogen-bond donors (Lipinski definition) is 2. The highest BCUT2D eigenvalue weighted by Gasteiger charge is 2.27. The smallest absolute Gasteiger partial charge is 0.404 e. The van der Waals surface area contributed by atoms with Crippen LogP contribution in [0.1, 0.15) is 6.42 Å². The standard InChI is InChI=1S/C15H13ClN4O3/c16-8-1-2-11-10(5-8)12-13(23-11)14(18-7-17-12)20-4-3-9(6-20)19-15(21)22/h1-2,5,7,9,19H,3-4,6H2,(H,21,22)/t9-/m0/s1. The Morgan fingerprint density at radius 3 is 3.13 bits per heavy atom. The van der Waals surface area contributed by atoms with E-state index in [1.165, 1.54) is 6.33 Å². The third-order valence-corrected chi connectivity index (χ3v) is 4.24. The van der Waals surface area contributed by atoms with E-state index in [1.807, 2.05) is 17.0 Å². The van der Waals surface area contributed by atoms with Crippen molar-refractivity contribution in [1.29, 1.82) is 0 Å². The van der Waals surface area contributed by atoms with Crippen LogP contribution in [-0.4, -0.2) is 40.3 Å². The fraction of sp³-hybridized carbons (Fsp3) is 0.267. The molecule has 1 aliphatic heterocycles. The van der Waals surface area contributed by atoms with Gasteiger partial charge < -0.3 is 19.7 Å². The first-order valence-electron chi connectivity index (χ1n) is 7.19. The van der Waals surface area contributed by atoms with Crippen LogP contribution in [0, 0.1) is 0 Å². The molecule has 0 unspecified atom stereocenters. The van der Waals surface area contributed by atoms with Gasteiger partial charge in [0.2, 0.25) is 0 Å². The molecule has 3 heterocycles. The van der Waals surface area contributed by atoms with Crippen molar-refractivity contribution in [3.05, 3.63) is 29.5 Å². The van der Waals surface area contributed by atoms with Crippen molar-refractivity contribution in [2.45, 2.75) is 12.5 Å². The Morgan fingerprint density at radius 2 is 2.30 bits per heavy atom. The first-order chi connectivity index (χ1) is 11.1. The number of carbonyl (C=O) groups is 1. The molecule has 4 rings (SSSR count). The molecule has 1 atom stereocenters. The maximum Gasteiger partial charge on any atom is 0.404 e. The summed E-state index contributed by atoms with van der Waals surface area (Å²) in [4.78, 5) is 21.4. The summed E-state index contributed by atoms with van der Waals surface area (Å²) in [5.74, 6) is 0.678. The predicted molar refractivity (Wildman–Crippen MR) is 86.1 cm³/mol. The molecule has 0 saturated carbocycles. The van der Waals surface area contributed by atoms with Gasteiger partial charge in [-0.25, -0.2) is 14.8 Å². The number of carboxylic acid groups (broad SMARTS) is 1. The quantitative estimate of drug-likeness (QED) is 0.749. The van der Waals surface area contributed by atoms with Crippen LogP contribution < -0.4 is 10.2 Å². The highest BCUT2D eigenvalue weighted by Crippen LogP contribution is 2.34. The maximum atomic E-state index is 10.8. The zero-order valence-electron chi connectivity index (χ0n) is 12.0. The molecular weight excluding hydrogens is 320 g/mol. The second-order valence-electron chi connectivity index (χ2n) is 5.50. The summed E-state index contributed by atoms with van der Waals surface area (Å²) in [5.41, 5.74) is 2.01. The van der Waals surface area contributed by atoms with Gasteiger partial charge in [-0.3, -0.25) is 0 Å². The monoisotopic (exact) mass is 332 g/mol.